The zero-order chi connectivity index (χ0) is 6.53. The molecular formula is C6H9NO2. The molecule has 0 saturated carbocycles. The molecule has 0 aromatic heterocycles. The molecular weight excluding hydrogens is 118 g/mol. The molecule has 1 unspecified atom stereocenters. The molecule has 1 atom stereocenters. The van der Waals surface area contributed by atoms with Crippen LogP contribution in [0.15, 0.2) is 4.99 Å². The Morgan fingerprint density at radius 2 is 2.67 bits per heavy atom. The van der Waals surface area contributed by atoms with E-state index in [1.54, 1.807) is 0 Å². The lowest BCUT2D eigenvalue weighted by atomic mass is 10.2. The SMILES string of the molecule is O=C=NCC1CCCO1. The molecule has 1 saturated heterocycles. The highest BCUT2D eigenvalue weighted by Gasteiger charge is 2.13. The number of isocyanates is 1. The molecule has 0 aliphatic carbocycles. The van der Waals surface area contributed by atoms with E-state index >= 15 is 0 Å². The highest BCUT2D eigenvalue weighted by atomic mass is 16.5. The van der Waals surface area contributed by atoms with Gasteiger partial charge in [0.1, 0.15) is 0 Å². The summed E-state index contributed by atoms with van der Waals surface area (Å²) in [6, 6.07) is 0. The second kappa shape index (κ2) is 3.38. The van der Waals surface area contributed by atoms with Crippen LogP contribution < -0.4 is 0 Å². The van der Waals surface area contributed by atoms with E-state index in [2.05, 4.69) is 4.99 Å². The van der Waals surface area contributed by atoms with Crippen LogP contribution >= 0.6 is 0 Å². The third-order valence-electron chi connectivity index (χ3n) is 1.38. The first-order valence-corrected chi connectivity index (χ1v) is 3.08. The molecule has 0 bridgehead atoms. The summed E-state index contributed by atoms with van der Waals surface area (Å²) in [5.41, 5.74) is 0. The maximum Gasteiger partial charge on any atom is 0.235 e. The molecule has 1 fully saturated rings. The van der Waals surface area contributed by atoms with Gasteiger partial charge in [0, 0.05) is 6.61 Å². The van der Waals surface area contributed by atoms with Gasteiger partial charge in [0.05, 0.1) is 12.6 Å². The van der Waals surface area contributed by atoms with Gasteiger partial charge in [0.15, 0.2) is 0 Å². The maximum absolute atomic E-state index is 9.61. The van der Waals surface area contributed by atoms with Crippen molar-refractivity contribution < 1.29 is 9.53 Å². The predicted molar refractivity (Wildman–Crippen MR) is 32.0 cm³/mol. The van der Waals surface area contributed by atoms with Crippen LogP contribution in [0.25, 0.3) is 0 Å². The monoisotopic (exact) mass is 127 g/mol. The summed E-state index contributed by atoms with van der Waals surface area (Å²) in [6.07, 6.45) is 3.81. The van der Waals surface area contributed by atoms with Crippen molar-refractivity contribution in [2.75, 3.05) is 13.2 Å². The van der Waals surface area contributed by atoms with E-state index in [4.69, 9.17) is 4.74 Å². The van der Waals surface area contributed by atoms with Crippen LogP contribution in [0, 0.1) is 0 Å². The Morgan fingerprint density at radius 3 is 3.22 bits per heavy atom. The molecule has 1 heterocycles. The van der Waals surface area contributed by atoms with Crippen molar-refractivity contribution >= 4 is 6.08 Å². The highest BCUT2D eigenvalue weighted by molar-refractivity contribution is 5.32. The van der Waals surface area contributed by atoms with E-state index in [-0.39, 0.29) is 6.10 Å². The Hall–Kier alpha value is -0.660. The number of rotatable bonds is 2. The van der Waals surface area contributed by atoms with E-state index in [9.17, 15) is 4.79 Å². The molecule has 0 aromatic rings. The second-order valence-corrected chi connectivity index (χ2v) is 2.07. The van der Waals surface area contributed by atoms with Crippen molar-refractivity contribution in [3.05, 3.63) is 0 Å². The molecule has 0 radical (unpaired) electrons. The Labute approximate surface area is 53.7 Å². The number of nitrogens with zero attached hydrogens (tertiary/aromatic N) is 1. The summed E-state index contributed by atoms with van der Waals surface area (Å²) in [7, 11) is 0. The quantitative estimate of drug-likeness (QED) is 0.400. The maximum atomic E-state index is 9.61. The van der Waals surface area contributed by atoms with Crippen molar-refractivity contribution in [1.82, 2.24) is 0 Å². The molecule has 50 valence electrons. The second-order valence-electron chi connectivity index (χ2n) is 2.07. The van der Waals surface area contributed by atoms with Crippen molar-refractivity contribution in [3.63, 3.8) is 0 Å². The third-order valence-corrected chi connectivity index (χ3v) is 1.38. The average Bonchev–Trinajstić information content (AvgIpc) is 2.34. The summed E-state index contributed by atoms with van der Waals surface area (Å²) in [6.45, 7) is 1.31. The summed E-state index contributed by atoms with van der Waals surface area (Å²) in [5, 5.41) is 0. The summed E-state index contributed by atoms with van der Waals surface area (Å²) >= 11 is 0. The van der Waals surface area contributed by atoms with Gasteiger partial charge in [-0.2, -0.15) is 0 Å². The van der Waals surface area contributed by atoms with E-state index in [0.29, 0.717) is 6.54 Å². The zero-order valence-electron chi connectivity index (χ0n) is 5.17. The molecule has 1 aliphatic rings. The smallest absolute Gasteiger partial charge is 0.235 e. The lowest BCUT2D eigenvalue weighted by Gasteiger charge is -2.00. The van der Waals surface area contributed by atoms with Crippen LogP contribution in [0.2, 0.25) is 0 Å². The van der Waals surface area contributed by atoms with Crippen LogP contribution in [0.3, 0.4) is 0 Å². The minimum atomic E-state index is 0.187. The van der Waals surface area contributed by atoms with Crippen LogP contribution in [0.1, 0.15) is 12.8 Å². The molecule has 1 aliphatic heterocycles. The van der Waals surface area contributed by atoms with Gasteiger partial charge in [-0.05, 0) is 12.8 Å². The fourth-order valence-electron chi connectivity index (χ4n) is 0.927. The lowest BCUT2D eigenvalue weighted by Crippen LogP contribution is -2.08. The summed E-state index contributed by atoms with van der Waals surface area (Å²) in [4.78, 5) is 13.0. The summed E-state index contributed by atoms with van der Waals surface area (Å²) in [5.74, 6) is 0. The van der Waals surface area contributed by atoms with Gasteiger partial charge in [-0.1, -0.05) is 0 Å². The first kappa shape index (κ1) is 6.46. The van der Waals surface area contributed by atoms with E-state index < -0.39 is 0 Å². The Bertz CT molecular complexity index is 123. The minimum Gasteiger partial charge on any atom is -0.376 e. The van der Waals surface area contributed by atoms with Crippen molar-refractivity contribution in [2.45, 2.75) is 18.9 Å². The van der Waals surface area contributed by atoms with Gasteiger partial charge in [-0.3, -0.25) is 0 Å². The number of hydrogen-bond acceptors (Lipinski definition) is 3. The Kier molecular flexibility index (Phi) is 2.43. The van der Waals surface area contributed by atoms with Crippen LogP contribution in [-0.4, -0.2) is 25.3 Å². The Morgan fingerprint density at radius 1 is 1.78 bits per heavy atom. The van der Waals surface area contributed by atoms with Crippen molar-refractivity contribution in [1.29, 1.82) is 0 Å². The highest BCUT2D eigenvalue weighted by Crippen LogP contribution is 2.11. The topological polar surface area (TPSA) is 38.7 Å². The van der Waals surface area contributed by atoms with Crippen LogP contribution in [-0.2, 0) is 9.53 Å². The van der Waals surface area contributed by atoms with Crippen LogP contribution in [0.5, 0.6) is 0 Å². The molecule has 1 rings (SSSR count). The molecule has 0 amide bonds. The van der Waals surface area contributed by atoms with Gasteiger partial charge in [0.25, 0.3) is 0 Å². The Balaban J connectivity index is 2.18. The first-order chi connectivity index (χ1) is 4.43. The van der Waals surface area contributed by atoms with Crippen LogP contribution in [0.4, 0.5) is 0 Å². The molecule has 0 aromatic carbocycles. The van der Waals surface area contributed by atoms with Crippen molar-refractivity contribution in [3.8, 4) is 0 Å². The zero-order valence-corrected chi connectivity index (χ0v) is 5.17. The average molecular weight is 127 g/mol. The lowest BCUT2D eigenvalue weighted by molar-refractivity contribution is 0.118. The normalized spacial score (nSPS) is 25.6. The van der Waals surface area contributed by atoms with E-state index in [0.717, 1.165) is 19.4 Å². The molecule has 0 spiro atoms. The standard InChI is InChI=1S/C6H9NO2/c8-5-7-4-6-2-1-3-9-6/h6H,1-4H2. The first-order valence-electron chi connectivity index (χ1n) is 3.08. The van der Waals surface area contributed by atoms with Gasteiger partial charge in [-0.15, -0.1) is 0 Å². The van der Waals surface area contributed by atoms with Gasteiger partial charge >= 0.3 is 0 Å². The van der Waals surface area contributed by atoms with Gasteiger partial charge in [-0.25, -0.2) is 9.79 Å². The largest absolute Gasteiger partial charge is 0.376 e. The number of hydrogen-bond donors (Lipinski definition) is 0. The number of aliphatic imine (C=N–C) groups is 1. The van der Waals surface area contributed by atoms with Gasteiger partial charge < -0.3 is 4.74 Å². The number of carbonyl (C=O) groups excluding carboxylic acids is 1. The predicted octanol–water partition coefficient (Wildman–Crippen LogP) is 0.501. The van der Waals surface area contributed by atoms with Crippen molar-refractivity contribution in [2.24, 2.45) is 4.99 Å². The molecule has 3 heteroatoms. The fraction of sp³-hybridized carbons (Fsp3) is 0.833. The minimum absolute atomic E-state index is 0.187. The van der Waals surface area contributed by atoms with Gasteiger partial charge in [0.2, 0.25) is 6.08 Å². The fourth-order valence-corrected chi connectivity index (χ4v) is 0.927. The molecule has 0 N–H and O–H groups in total. The molecule has 9 heavy (non-hydrogen) atoms. The van der Waals surface area contributed by atoms with E-state index in [1.807, 2.05) is 0 Å². The summed E-state index contributed by atoms with van der Waals surface area (Å²) < 4.78 is 5.18. The van der Waals surface area contributed by atoms with E-state index in [1.165, 1.54) is 6.08 Å². The molecule has 3 nitrogen and oxygen atoms in total. The number of ether oxygens (including phenoxy) is 1. The third kappa shape index (κ3) is 1.96.